The van der Waals surface area contributed by atoms with E-state index in [2.05, 4.69) is 24.9 Å². The molecule has 0 saturated heterocycles. The first kappa shape index (κ1) is 21.0. The molecule has 0 saturated carbocycles. The van der Waals surface area contributed by atoms with Crippen molar-refractivity contribution >= 4 is 5.78 Å². The van der Waals surface area contributed by atoms with E-state index in [1.807, 2.05) is 13.0 Å². The molecule has 0 radical (unpaired) electrons. The van der Waals surface area contributed by atoms with Crippen LogP contribution in [0.1, 0.15) is 37.6 Å². The van der Waals surface area contributed by atoms with Crippen LogP contribution >= 0.6 is 0 Å². The van der Waals surface area contributed by atoms with Crippen LogP contribution in [0.5, 0.6) is 11.5 Å². The summed E-state index contributed by atoms with van der Waals surface area (Å²) < 4.78 is 0. The number of aromatic nitrogens is 1. The highest BCUT2D eigenvalue weighted by Gasteiger charge is 2.18. The Morgan fingerprint density at radius 2 is 1.79 bits per heavy atom. The summed E-state index contributed by atoms with van der Waals surface area (Å²) in [5, 5.41) is 19.9. The lowest BCUT2D eigenvalue weighted by molar-refractivity contribution is 0.104. The van der Waals surface area contributed by atoms with E-state index in [4.69, 9.17) is 0 Å². The Balaban J connectivity index is 2.26. The van der Waals surface area contributed by atoms with E-state index in [1.54, 1.807) is 24.3 Å². The van der Waals surface area contributed by atoms with Crippen molar-refractivity contribution in [3.63, 3.8) is 0 Å². The van der Waals surface area contributed by atoms with Gasteiger partial charge >= 0.3 is 0 Å². The number of hydrogen-bond donors (Lipinski definition) is 3. The quantitative estimate of drug-likeness (QED) is 0.368. The number of aromatic hydroxyl groups is 2. The van der Waals surface area contributed by atoms with Crippen molar-refractivity contribution in [3.8, 4) is 22.6 Å². The number of benzene rings is 1. The fraction of sp³-hybridized carbons (Fsp3) is 0.217. The van der Waals surface area contributed by atoms with Gasteiger partial charge in [0.15, 0.2) is 5.78 Å². The van der Waals surface area contributed by atoms with Gasteiger partial charge in [0.05, 0.1) is 0 Å². The molecule has 2 aromatic rings. The number of phenols is 1. The molecular formula is C23H25NO4. The van der Waals surface area contributed by atoms with Crippen LogP contribution in [0, 0.1) is 5.92 Å². The second-order valence-electron chi connectivity index (χ2n) is 6.68. The maximum atomic E-state index is 12.4. The van der Waals surface area contributed by atoms with E-state index in [-0.39, 0.29) is 17.1 Å². The zero-order valence-electron chi connectivity index (χ0n) is 16.3. The molecule has 28 heavy (non-hydrogen) atoms. The van der Waals surface area contributed by atoms with E-state index in [0.29, 0.717) is 17.0 Å². The summed E-state index contributed by atoms with van der Waals surface area (Å²) in [6.45, 7) is 6.23. The summed E-state index contributed by atoms with van der Waals surface area (Å²) in [6, 6.07) is 6.09. The van der Waals surface area contributed by atoms with Gasteiger partial charge in [0.25, 0.3) is 5.56 Å². The third kappa shape index (κ3) is 5.33. The van der Waals surface area contributed by atoms with Gasteiger partial charge in [-0.15, -0.1) is 0 Å². The Morgan fingerprint density at radius 3 is 2.43 bits per heavy atom. The zero-order valence-corrected chi connectivity index (χ0v) is 16.3. The normalized spacial score (nSPS) is 13.3. The predicted octanol–water partition coefficient (Wildman–Crippen LogP) is 4.74. The van der Waals surface area contributed by atoms with Crippen molar-refractivity contribution < 1.29 is 15.0 Å². The molecule has 5 heteroatoms. The molecule has 0 amide bonds. The maximum absolute atomic E-state index is 12.4. The van der Waals surface area contributed by atoms with Crippen molar-refractivity contribution in [2.45, 2.75) is 27.2 Å². The minimum absolute atomic E-state index is 0.0800. The maximum Gasteiger partial charge on any atom is 0.263 e. The van der Waals surface area contributed by atoms with Crippen LogP contribution in [0.2, 0.25) is 0 Å². The summed E-state index contributed by atoms with van der Waals surface area (Å²) in [5.74, 6) is -0.418. The van der Waals surface area contributed by atoms with Crippen LogP contribution < -0.4 is 5.56 Å². The average molecular weight is 379 g/mol. The molecule has 2 rings (SSSR count). The monoisotopic (exact) mass is 379 g/mol. The molecule has 146 valence electrons. The lowest BCUT2D eigenvalue weighted by Crippen LogP contribution is -2.16. The third-order valence-corrected chi connectivity index (χ3v) is 4.40. The number of rotatable bonds is 7. The Morgan fingerprint density at radius 1 is 1.14 bits per heavy atom. The van der Waals surface area contributed by atoms with Crippen LogP contribution in [0.15, 0.2) is 71.2 Å². The molecule has 1 heterocycles. The van der Waals surface area contributed by atoms with Gasteiger partial charge in [-0.1, -0.05) is 62.3 Å². The van der Waals surface area contributed by atoms with Crippen molar-refractivity contribution in [1.82, 2.24) is 4.98 Å². The van der Waals surface area contributed by atoms with Crippen LogP contribution in [-0.4, -0.2) is 21.0 Å². The minimum atomic E-state index is -0.661. The molecule has 1 atom stereocenters. The Kier molecular flexibility index (Phi) is 7.15. The molecular weight excluding hydrogens is 354 g/mol. The van der Waals surface area contributed by atoms with Gasteiger partial charge in [-0.05, 0) is 36.6 Å². The van der Waals surface area contributed by atoms with Crippen LogP contribution in [0.25, 0.3) is 11.1 Å². The van der Waals surface area contributed by atoms with Gasteiger partial charge in [-0.25, -0.2) is 0 Å². The van der Waals surface area contributed by atoms with Gasteiger partial charge in [0.2, 0.25) is 0 Å². The van der Waals surface area contributed by atoms with E-state index in [9.17, 15) is 19.8 Å². The van der Waals surface area contributed by atoms with Gasteiger partial charge in [-0.2, -0.15) is 0 Å². The number of H-pyrrole nitrogens is 1. The number of phenolic OH excluding ortho intramolecular Hbond substituents is 1. The highest BCUT2D eigenvalue weighted by Crippen LogP contribution is 2.31. The van der Waals surface area contributed by atoms with Gasteiger partial charge < -0.3 is 15.2 Å². The van der Waals surface area contributed by atoms with Gasteiger partial charge in [-0.3, -0.25) is 9.59 Å². The Labute approximate surface area is 164 Å². The van der Waals surface area contributed by atoms with Crippen molar-refractivity contribution in [2.75, 3.05) is 0 Å². The highest BCUT2D eigenvalue weighted by atomic mass is 16.3. The predicted molar refractivity (Wildman–Crippen MR) is 112 cm³/mol. The number of allylic oxidation sites excluding steroid dienone is 6. The Bertz CT molecular complexity index is 979. The SMILES string of the molecule is CC[C@@H](C)/C=C(C)/C=C/C=C/C(=O)c1c(O)c(-c2ccc(O)cc2)c[nH]c1=O. The molecule has 0 aliphatic carbocycles. The molecule has 0 spiro atoms. The molecule has 0 aliphatic rings. The number of aromatic amines is 1. The molecule has 1 aromatic heterocycles. The lowest BCUT2D eigenvalue weighted by atomic mass is 10.0. The first-order valence-corrected chi connectivity index (χ1v) is 9.15. The van der Waals surface area contributed by atoms with Crippen molar-refractivity contribution in [1.29, 1.82) is 0 Å². The summed E-state index contributed by atoms with van der Waals surface area (Å²) in [4.78, 5) is 27.0. The second kappa shape index (κ2) is 9.55. The first-order valence-electron chi connectivity index (χ1n) is 9.15. The molecule has 0 bridgehead atoms. The third-order valence-electron chi connectivity index (χ3n) is 4.40. The lowest BCUT2D eigenvalue weighted by Gasteiger charge is -2.07. The van der Waals surface area contributed by atoms with E-state index in [1.165, 1.54) is 24.4 Å². The van der Waals surface area contributed by atoms with Gasteiger partial charge in [0, 0.05) is 11.8 Å². The van der Waals surface area contributed by atoms with Crippen LogP contribution in [0.4, 0.5) is 0 Å². The smallest absolute Gasteiger partial charge is 0.263 e. The summed E-state index contributed by atoms with van der Waals surface area (Å²) in [7, 11) is 0. The van der Waals surface area contributed by atoms with E-state index < -0.39 is 11.3 Å². The van der Waals surface area contributed by atoms with Crippen LogP contribution in [0.3, 0.4) is 0 Å². The second-order valence-corrected chi connectivity index (χ2v) is 6.68. The van der Waals surface area contributed by atoms with Gasteiger partial charge in [0.1, 0.15) is 17.1 Å². The topological polar surface area (TPSA) is 90.4 Å². The fourth-order valence-electron chi connectivity index (χ4n) is 2.67. The number of nitrogens with one attached hydrogen (secondary N) is 1. The summed E-state index contributed by atoms with van der Waals surface area (Å²) in [5.41, 5.74) is 0.976. The average Bonchev–Trinajstić information content (AvgIpc) is 2.66. The summed E-state index contributed by atoms with van der Waals surface area (Å²) >= 11 is 0. The number of carbonyl (C=O) groups is 1. The minimum Gasteiger partial charge on any atom is -0.508 e. The Hall–Kier alpha value is -3.34. The largest absolute Gasteiger partial charge is 0.508 e. The van der Waals surface area contributed by atoms with Crippen LogP contribution in [-0.2, 0) is 0 Å². The standard InChI is InChI=1S/C23H25NO4/c1-4-15(2)13-16(3)7-5-6-8-20(26)21-22(27)19(14-24-23(21)28)17-9-11-18(25)12-10-17/h5-15,25H,4H2,1-3H3,(H2,24,27,28)/b7-5+,8-6+,16-13+/t15-/m1/s1. The molecule has 1 aromatic carbocycles. The highest BCUT2D eigenvalue weighted by molar-refractivity contribution is 6.07. The zero-order chi connectivity index (χ0) is 20.7. The number of pyridine rings is 1. The van der Waals surface area contributed by atoms with E-state index >= 15 is 0 Å². The fourth-order valence-corrected chi connectivity index (χ4v) is 2.67. The number of hydrogen-bond acceptors (Lipinski definition) is 4. The molecule has 0 fully saturated rings. The summed E-state index contributed by atoms with van der Waals surface area (Å²) in [6.07, 6.45) is 10.9. The molecule has 0 unspecified atom stereocenters. The number of carbonyl (C=O) groups excluding carboxylic acids is 1. The van der Waals surface area contributed by atoms with E-state index in [0.717, 1.165) is 12.0 Å². The first-order chi connectivity index (χ1) is 13.3. The van der Waals surface area contributed by atoms with Crippen molar-refractivity contribution in [3.05, 3.63) is 82.3 Å². The van der Waals surface area contributed by atoms with Crippen molar-refractivity contribution in [2.24, 2.45) is 5.92 Å². The number of ketones is 1. The molecule has 0 aliphatic heterocycles. The molecule has 5 nitrogen and oxygen atoms in total. The molecule has 3 N–H and O–H groups in total.